The van der Waals surface area contributed by atoms with Crippen molar-refractivity contribution in [2.75, 3.05) is 6.54 Å². The Balaban J connectivity index is 1.65. The van der Waals surface area contributed by atoms with Crippen molar-refractivity contribution in [3.8, 4) is 0 Å². The topological polar surface area (TPSA) is 32.3 Å². The van der Waals surface area contributed by atoms with E-state index in [1.165, 1.54) is 25.7 Å². The Bertz CT molecular complexity index is 321. The molecule has 1 saturated heterocycles. The van der Waals surface area contributed by atoms with Crippen molar-refractivity contribution in [3.05, 3.63) is 0 Å². The maximum atomic E-state index is 12.4. The Kier molecular flexibility index (Phi) is 3.13. The van der Waals surface area contributed by atoms with Crippen LogP contribution >= 0.6 is 0 Å². The van der Waals surface area contributed by atoms with Gasteiger partial charge in [0, 0.05) is 6.54 Å². The highest BCUT2D eigenvalue weighted by molar-refractivity contribution is 5.84. The van der Waals surface area contributed by atoms with Gasteiger partial charge < -0.3 is 4.90 Å². The van der Waals surface area contributed by atoms with Crippen molar-refractivity contribution in [1.82, 2.24) is 10.2 Å². The molecule has 1 aliphatic heterocycles. The van der Waals surface area contributed by atoms with E-state index in [0.29, 0.717) is 11.8 Å². The van der Waals surface area contributed by atoms with Gasteiger partial charge in [-0.15, -0.1) is 0 Å². The lowest BCUT2D eigenvalue weighted by Gasteiger charge is -2.27. The van der Waals surface area contributed by atoms with E-state index in [0.717, 1.165) is 24.3 Å². The van der Waals surface area contributed by atoms with Gasteiger partial charge in [0.15, 0.2) is 0 Å². The Morgan fingerprint density at radius 3 is 2.17 bits per heavy atom. The number of amides is 1. The number of rotatable bonds is 5. The van der Waals surface area contributed by atoms with Crippen LogP contribution in [0.4, 0.5) is 0 Å². The van der Waals surface area contributed by atoms with E-state index in [9.17, 15) is 4.79 Å². The highest BCUT2D eigenvalue weighted by atomic mass is 16.2. The third-order valence-electron chi connectivity index (χ3n) is 4.97. The lowest BCUT2D eigenvalue weighted by Crippen LogP contribution is -2.39. The highest BCUT2D eigenvalue weighted by Gasteiger charge is 2.46. The third-order valence-corrected chi connectivity index (χ3v) is 4.97. The molecule has 0 aromatic carbocycles. The maximum absolute atomic E-state index is 12.4. The molecule has 3 fully saturated rings. The van der Waals surface area contributed by atoms with Crippen molar-refractivity contribution in [2.24, 2.45) is 23.7 Å². The van der Waals surface area contributed by atoms with Gasteiger partial charge in [0.25, 0.3) is 0 Å². The van der Waals surface area contributed by atoms with Crippen molar-refractivity contribution in [2.45, 2.75) is 58.7 Å². The highest BCUT2D eigenvalue weighted by Crippen LogP contribution is 2.49. The number of nitrogens with zero attached hydrogens (tertiary/aromatic N) is 1. The molecule has 2 atom stereocenters. The minimum Gasteiger partial charge on any atom is -0.326 e. The molecule has 1 heterocycles. The predicted octanol–water partition coefficient (Wildman–Crippen LogP) is 2.22. The number of carbonyl (C=O) groups excluding carboxylic acids is 1. The Morgan fingerprint density at radius 1 is 1.22 bits per heavy atom. The summed E-state index contributed by atoms with van der Waals surface area (Å²) in [5, 5.41) is 3.45. The van der Waals surface area contributed by atoms with Crippen LogP contribution in [0.2, 0.25) is 0 Å². The molecule has 1 amide bonds. The largest absolute Gasteiger partial charge is 0.326 e. The lowest BCUT2D eigenvalue weighted by atomic mass is 9.96. The number of hydrogen-bond donors (Lipinski definition) is 1. The molecule has 0 aromatic rings. The summed E-state index contributed by atoms with van der Waals surface area (Å²) in [5.74, 6) is 3.38. The molecule has 0 aromatic heterocycles. The number of carbonyl (C=O) groups is 1. The normalized spacial score (nSPS) is 32.9. The monoisotopic (exact) mass is 250 g/mol. The predicted molar refractivity (Wildman–Crippen MR) is 71.9 cm³/mol. The van der Waals surface area contributed by atoms with Gasteiger partial charge in [-0.1, -0.05) is 13.8 Å². The third kappa shape index (κ3) is 2.29. The molecule has 18 heavy (non-hydrogen) atoms. The molecule has 102 valence electrons. The van der Waals surface area contributed by atoms with Crippen LogP contribution in [-0.2, 0) is 4.79 Å². The first-order valence-electron chi connectivity index (χ1n) is 7.64. The second kappa shape index (κ2) is 4.52. The second-order valence-electron chi connectivity index (χ2n) is 6.89. The van der Waals surface area contributed by atoms with Gasteiger partial charge in [0.2, 0.25) is 5.91 Å². The molecule has 0 spiro atoms. The van der Waals surface area contributed by atoms with E-state index < -0.39 is 0 Å². The first-order chi connectivity index (χ1) is 8.58. The fourth-order valence-electron chi connectivity index (χ4n) is 3.48. The molecule has 2 aliphatic carbocycles. The van der Waals surface area contributed by atoms with Crippen LogP contribution < -0.4 is 5.32 Å². The van der Waals surface area contributed by atoms with E-state index in [1.807, 2.05) is 0 Å². The van der Waals surface area contributed by atoms with Gasteiger partial charge in [-0.2, -0.15) is 0 Å². The molecule has 2 unspecified atom stereocenters. The summed E-state index contributed by atoms with van der Waals surface area (Å²) in [4.78, 5) is 14.6. The standard InChI is InChI=1S/C15H26N2O/c1-9(2)14-15(18)17(10(3)16-14)8-13(11-4-5-11)12-6-7-12/h9-14,16H,4-8H2,1-3H3. The fraction of sp³-hybridized carbons (Fsp3) is 0.933. The molecule has 3 rings (SSSR count). The maximum Gasteiger partial charge on any atom is 0.241 e. The molecule has 3 heteroatoms. The van der Waals surface area contributed by atoms with Gasteiger partial charge in [-0.3, -0.25) is 10.1 Å². The summed E-state index contributed by atoms with van der Waals surface area (Å²) in [7, 11) is 0. The molecule has 0 bridgehead atoms. The smallest absolute Gasteiger partial charge is 0.241 e. The molecule has 1 N–H and O–H groups in total. The van der Waals surface area contributed by atoms with Crippen molar-refractivity contribution in [3.63, 3.8) is 0 Å². The van der Waals surface area contributed by atoms with Crippen LogP contribution in [-0.4, -0.2) is 29.6 Å². The van der Waals surface area contributed by atoms with E-state index >= 15 is 0 Å². The summed E-state index contributed by atoms with van der Waals surface area (Å²) in [6, 6.07) is 0.0408. The van der Waals surface area contributed by atoms with Crippen molar-refractivity contribution < 1.29 is 4.79 Å². The molecule has 3 aliphatic rings. The summed E-state index contributed by atoms with van der Waals surface area (Å²) in [5.41, 5.74) is 0. The van der Waals surface area contributed by atoms with Crippen LogP contribution in [0.25, 0.3) is 0 Å². The average molecular weight is 250 g/mol. The van der Waals surface area contributed by atoms with Crippen LogP contribution in [0, 0.1) is 23.7 Å². The van der Waals surface area contributed by atoms with E-state index in [1.54, 1.807) is 0 Å². The molecule has 0 radical (unpaired) electrons. The minimum absolute atomic E-state index is 0.0408. The van der Waals surface area contributed by atoms with Gasteiger partial charge in [-0.05, 0) is 56.3 Å². The van der Waals surface area contributed by atoms with Gasteiger partial charge in [-0.25, -0.2) is 0 Å². The van der Waals surface area contributed by atoms with E-state index in [4.69, 9.17) is 0 Å². The number of hydrogen-bond acceptors (Lipinski definition) is 2. The van der Waals surface area contributed by atoms with Crippen LogP contribution in [0.15, 0.2) is 0 Å². The van der Waals surface area contributed by atoms with Gasteiger partial charge in [0.05, 0.1) is 12.2 Å². The van der Waals surface area contributed by atoms with Crippen LogP contribution in [0.5, 0.6) is 0 Å². The Hall–Kier alpha value is -0.570. The summed E-state index contributed by atoms with van der Waals surface area (Å²) >= 11 is 0. The SMILES string of the molecule is CC(C)C1NC(C)N(CC(C2CC2)C2CC2)C1=O. The van der Waals surface area contributed by atoms with Gasteiger partial charge in [0.1, 0.15) is 0 Å². The van der Waals surface area contributed by atoms with Crippen LogP contribution in [0.3, 0.4) is 0 Å². The zero-order valence-corrected chi connectivity index (χ0v) is 11.9. The summed E-state index contributed by atoms with van der Waals surface area (Å²) in [6.45, 7) is 7.40. The molecular weight excluding hydrogens is 224 g/mol. The summed E-state index contributed by atoms with van der Waals surface area (Å²) < 4.78 is 0. The van der Waals surface area contributed by atoms with Crippen molar-refractivity contribution in [1.29, 1.82) is 0 Å². The first kappa shape index (κ1) is 12.5. The van der Waals surface area contributed by atoms with E-state index in [2.05, 4.69) is 31.0 Å². The molecule has 2 saturated carbocycles. The van der Waals surface area contributed by atoms with Gasteiger partial charge >= 0.3 is 0 Å². The Morgan fingerprint density at radius 2 is 1.78 bits per heavy atom. The first-order valence-corrected chi connectivity index (χ1v) is 7.64. The molecule has 3 nitrogen and oxygen atoms in total. The quantitative estimate of drug-likeness (QED) is 0.811. The fourth-order valence-corrected chi connectivity index (χ4v) is 3.48. The second-order valence-corrected chi connectivity index (χ2v) is 6.89. The zero-order chi connectivity index (χ0) is 12.9. The lowest BCUT2D eigenvalue weighted by molar-refractivity contribution is -0.131. The zero-order valence-electron chi connectivity index (χ0n) is 11.9. The Labute approximate surface area is 110 Å². The van der Waals surface area contributed by atoms with Crippen molar-refractivity contribution >= 4 is 5.91 Å². The van der Waals surface area contributed by atoms with Crippen LogP contribution in [0.1, 0.15) is 46.5 Å². The van der Waals surface area contributed by atoms with E-state index in [-0.39, 0.29) is 12.2 Å². The minimum atomic E-state index is 0.0408. The average Bonchev–Trinajstić information content (AvgIpc) is 3.18. The summed E-state index contributed by atoms with van der Waals surface area (Å²) in [6.07, 6.45) is 5.83. The molecular formula is C15H26N2O. The number of nitrogens with one attached hydrogen (secondary N) is 1.